The molecule has 3 fully saturated rings. The van der Waals surface area contributed by atoms with Crippen molar-refractivity contribution in [2.75, 3.05) is 0 Å². The van der Waals surface area contributed by atoms with E-state index in [-0.39, 0.29) is 16.9 Å². The molecule has 0 aromatic heterocycles. The SMILES string of the molecule is C[C@]12CC[C@H]3[C@@H](CCC4=C/C(=N/Oc5ccc(C(F)(F)F)cc5)CC[C@@]43C)[C@@H]1CC[C@@H]2O. The Morgan fingerprint density at radius 3 is 2.44 bits per heavy atom. The molecule has 0 amide bonds. The summed E-state index contributed by atoms with van der Waals surface area (Å²) in [7, 11) is 0. The predicted molar refractivity (Wildman–Crippen MR) is 117 cm³/mol. The van der Waals surface area contributed by atoms with E-state index in [0.717, 1.165) is 56.4 Å². The number of rotatable bonds is 2. The lowest BCUT2D eigenvalue weighted by molar-refractivity contribution is -0.137. The monoisotopic (exact) mass is 447 g/mol. The van der Waals surface area contributed by atoms with Crippen molar-refractivity contribution >= 4 is 5.71 Å². The summed E-state index contributed by atoms with van der Waals surface area (Å²) in [6, 6.07) is 4.66. The Labute approximate surface area is 187 Å². The van der Waals surface area contributed by atoms with E-state index in [0.29, 0.717) is 23.5 Å². The molecular formula is C26H32F3NO2. The number of allylic oxidation sites excluding steroid dienone is 2. The van der Waals surface area contributed by atoms with Crippen LogP contribution in [0, 0.1) is 28.6 Å². The van der Waals surface area contributed by atoms with Crippen molar-refractivity contribution in [3.63, 3.8) is 0 Å². The molecular weight excluding hydrogens is 415 g/mol. The molecule has 0 unspecified atom stereocenters. The lowest BCUT2D eigenvalue weighted by Crippen LogP contribution is -2.51. The molecule has 1 aromatic carbocycles. The highest BCUT2D eigenvalue weighted by atomic mass is 19.4. The Bertz CT molecular complexity index is 937. The molecule has 3 saturated carbocycles. The van der Waals surface area contributed by atoms with Gasteiger partial charge in [-0.2, -0.15) is 13.2 Å². The number of halogens is 3. The number of alkyl halides is 3. The summed E-state index contributed by atoms with van der Waals surface area (Å²) in [5.41, 5.74) is 1.89. The third-order valence-electron chi connectivity index (χ3n) is 9.38. The molecule has 6 atom stereocenters. The second-order valence-electron chi connectivity index (χ2n) is 10.8. The third kappa shape index (κ3) is 3.49. The van der Waals surface area contributed by atoms with Gasteiger partial charge in [-0.15, -0.1) is 0 Å². The van der Waals surface area contributed by atoms with E-state index < -0.39 is 11.7 Å². The van der Waals surface area contributed by atoms with Gasteiger partial charge in [0, 0.05) is 0 Å². The summed E-state index contributed by atoms with van der Waals surface area (Å²) in [4.78, 5) is 5.46. The van der Waals surface area contributed by atoms with Crippen molar-refractivity contribution < 1.29 is 23.1 Å². The molecule has 4 aliphatic carbocycles. The van der Waals surface area contributed by atoms with Gasteiger partial charge in [-0.25, -0.2) is 0 Å². The molecule has 0 spiro atoms. The van der Waals surface area contributed by atoms with Crippen molar-refractivity contribution in [1.29, 1.82) is 0 Å². The van der Waals surface area contributed by atoms with Gasteiger partial charge in [0.1, 0.15) is 0 Å². The number of oxime groups is 1. The first kappa shape index (κ1) is 22.0. The van der Waals surface area contributed by atoms with Crippen LogP contribution in [0.5, 0.6) is 5.75 Å². The first-order chi connectivity index (χ1) is 15.1. The molecule has 32 heavy (non-hydrogen) atoms. The largest absolute Gasteiger partial charge is 0.416 e. The Balaban J connectivity index is 1.31. The van der Waals surface area contributed by atoms with Crippen LogP contribution in [-0.4, -0.2) is 16.9 Å². The van der Waals surface area contributed by atoms with Crippen LogP contribution in [0.15, 0.2) is 41.1 Å². The minimum Gasteiger partial charge on any atom is -0.393 e. The molecule has 3 nitrogen and oxygen atoms in total. The van der Waals surface area contributed by atoms with E-state index in [1.54, 1.807) is 0 Å². The summed E-state index contributed by atoms with van der Waals surface area (Å²) in [6.07, 6.45) is 6.14. The number of hydrogen-bond acceptors (Lipinski definition) is 3. The molecule has 0 heterocycles. The second kappa shape index (κ2) is 7.61. The van der Waals surface area contributed by atoms with Crippen molar-refractivity contribution in [2.45, 2.75) is 77.5 Å². The normalized spacial score (nSPS) is 40.3. The van der Waals surface area contributed by atoms with Crippen molar-refractivity contribution in [3.8, 4) is 5.75 Å². The predicted octanol–water partition coefficient (Wildman–Crippen LogP) is 6.76. The zero-order valence-electron chi connectivity index (χ0n) is 18.8. The smallest absolute Gasteiger partial charge is 0.393 e. The minimum atomic E-state index is -4.35. The van der Waals surface area contributed by atoms with E-state index in [1.807, 2.05) is 0 Å². The number of hydrogen-bond donors (Lipinski definition) is 1. The number of benzene rings is 1. The van der Waals surface area contributed by atoms with E-state index in [9.17, 15) is 18.3 Å². The van der Waals surface area contributed by atoms with Crippen LogP contribution in [-0.2, 0) is 6.18 Å². The van der Waals surface area contributed by atoms with Gasteiger partial charge in [-0.3, -0.25) is 0 Å². The minimum absolute atomic E-state index is 0.0928. The highest BCUT2D eigenvalue weighted by molar-refractivity contribution is 5.96. The van der Waals surface area contributed by atoms with E-state index in [1.165, 1.54) is 30.5 Å². The Morgan fingerprint density at radius 2 is 1.72 bits per heavy atom. The summed E-state index contributed by atoms with van der Waals surface area (Å²) in [5, 5.41) is 14.9. The third-order valence-corrected chi connectivity index (χ3v) is 9.38. The van der Waals surface area contributed by atoms with Crippen LogP contribution in [0.2, 0.25) is 0 Å². The van der Waals surface area contributed by atoms with Crippen LogP contribution in [0.3, 0.4) is 0 Å². The molecule has 0 bridgehead atoms. The lowest BCUT2D eigenvalue weighted by atomic mass is 9.47. The van der Waals surface area contributed by atoms with Crippen LogP contribution in [0.1, 0.15) is 70.8 Å². The fourth-order valence-corrected chi connectivity index (χ4v) is 7.43. The van der Waals surface area contributed by atoms with Crippen LogP contribution < -0.4 is 4.84 Å². The van der Waals surface area contributed by atoms with Gasteiger partial charge in [-0.05, 0) is 110 Å². The van der Waals surface area contributed by atoms with E-state index >= 15 is 0 Å². The molecule has 1 N–H and O–H groups in total. The number of aliphatic hydroxyl groups excluding tert-OH is 1. The summed E-state index contributed by atoms with van der Waals surface area (Å²) in [5.74, 6) is 2.29. The van der Waals surface area contributed by atoms with E-state index in [2.05, 4.69) is 25.1 Å². The lowest BCUT2D eigenvalue weighted by Gasteiger charge is -2.57. The zero-order chi connectivity index (χ0) is 22.7. The average molecular weight is 448 g/mol. The van der Waals surface area contributed by atoms with Crippen LogP contribution in [0.4, 0.5) is 13.2 Å². The second-order valence-corrected chi connectivity index (χ2v) is 10.8. The first-order valence-electron chi connectivity index (χ1n) is 11.9. The maximum Gasteiger partial charge on any atom is 0.416 e. The Hall–Kier alpha value is -1.82. The molecule has 5 rings (SSSR count). The van der Waals surface area contributed by atoms with Gasteiger partial charge in [-0.1, -0.05) is 24.6 Å². The fraction of sp³-hybridized carbons (Fsp3) is 0.654. The van der Waals surface area contributed by atoms with Gasteiger partial charge in [0.15, 0.2) is 5.75 Å². The van der Waals surface area contributed by atoms with Gasteiger partial charge < -0.3 is 9.94 Å². The molecule has 0 radical (unpaired) electrons. The number of nitrogens with zero attached hydrogens (tertiary/aromatic N) is 1. The van der Waals surface area contributed by atoms with Crippen LogP contribution >= 0.6 is 0 Å². The summed E-state index contributed by atoms with van der Waals surface area (Å²) >= 11 is 0. The van der Waals surface area contributed by atoms with Gasteiger partial charge in [0.25, 0.3) is 0 Å². The maximum absolute atomic E-state index is 12.7. The van der Waals surface area contributed by atoms with Gasteiger partial charge in [0.2, 0.25) is 0 Å². The van der Waals surface area contributed by atoms with E-state index in [4.69, 9.17) is 4.84 Å². The maximum atomic E-state index is 12.7. The van der Waals surface area contributed by atoms with Crippen molar-refractivity contribution in [2.24, 2.45) is 33.7 Å². The van der Waals surface area contributed by atoms with Crippen molar-refractivity contribution in [1.82, 2.24) is 0 Å². The fourth-order valence-electron chi connectivity index (χ4n) is 7.43. The Kier molecular flexibility index (Phi) is 5.23. The topological polar surface area (TPSA) is 41.8 Å². The molecule has 174 valence electrons. The molecule has 0 aliphatic heterocycles. The molecule has 1 aromatic rings. The summed E-state index contributed by atoms with van der Waals surface area (Å²) < 4.78 is 38.2. The van der Waals surface area contributed by atoms with Crippen LogP contribution in [0.25, 0.3) is 0 Å². The first-order valence-corrected chi connectivity index (χ1v) is 11.9. The average Bonchev–Trinajstić information content (AvgIpc) is 3.06. The highest BCUT2D eigenvalue weighted by Crippen LogP contribution is 2.65. The zero-order valence-corrected chi connectivity index (χ0v) is 18.8. The molecule has 4 aliphatic rings. The number of fused-ring (bicyclic) bond motifs is 5. The van der Waals surface area contributed by atoms with Gasteiger partial charge >= 0.3 is 6.18 Å². The van der Waals surface area contributed by atoms with Gasteiger partial charge in [0.05, 0.1) is 17.4 Å². The summed E-state index contributed by atoms with van der Waals surface area (Å²) in [6.45, 7) is 4.72. The van der Waals surface area contributed by atoms with Crippen molar-refractivity contribution in [3.05, 3.63) is 41.5 Å². The highest BCUT2D eigenvalue weighted by Gasteiger charge is 2.58. The quantitative estimate of drug-likeness (QED) is 0.509. The molecule has 0 saturated heterocycles. The standard InChI is InChI=1S/C26H32F3NO2/c1-24-13-11-18(30-32-19-6-3-16(4-7-19)26(27,28)29)15-17(24)5-8-20-21-9-10-23(31)25(21,2)14-12-22(20)24/h3-4,6-7,15,20-23,31H,5,8-14H2,1-2H3/b30-18+/t20-,21-,22-,23-,24-,25-/m0/s1. The number of aliphatic hydroxyl groups is 1. The Morgan fingerprint density at radius 1 is 0.969 bits per heavy atom. The molecule has 6 heteroatoms.